The molecule has 1 saturated heterocycles. The molecule has 1 aromatic carbocycles. The summed E-state index contributed by atoms with van der Waals surface area (Å²) in [6.07, 6.45) is 8.67. The average molecular weight is 367 g/mol. The highest BCUT2D eigenvalue weighted by molar-refractivity contribution is 5.79. The van der Waals surface area contributed by atoms with E-state index in [1.165, 1.54) is 25.7 Å². The third-order valence-electron chi connectivity index (χ3n) is 6.63. The third kappa shape index (κ3) is 3.14. The highest BCUT2D eigenvalue weighted by Crippen LogP contribution is 2.51. The van der Waals surface area contributed by atoms with Crippen LogP contribution in [0.25, 0.3) is 5.69 Å². The first kappa shape index (κ1) is 16.9. The van der Waals surface area contributed by atoms with Gasteiger partial charge in [-0.25, -0.2) is 4.68 Å². The van der Waals surface area contributed by atoms with E-state index in [4.69, 9.17) is 4.74 Å². The molecule has 7 heteroatoms. The van der Waals surface area contributed by atoms with E-state index < -0.39 is 0 Å². The zero-order valence-electron chi connectivity index (χ0n) is 15.3. The number of nitrogens with zero attached hydrogens (tertiary/aromatic N) is 4. The van der Waals surface area contributed by atoms with Gasteiger partial charge in [-0.05, 0) is 40.5 Å². The number of amides is 1. The Hall–Kier alpha value is -2.28. The molecule has 2 heterocycles. The smallest absolute Gasteiger partial charge is 0.224 e. The van der Waals surface area contributed by atoms with Crippen molar-refractivity contribution in [2.75, 3.05) is 6.61 Å². The largest absolute Gasteiger partial charge is 0.377 e. The van der Waals surface area contributed by atoms with Gasteiger partial charge in [0.05, 0.1) is 18.2 Å². The topological polar surface area (TPSA) is 81.9 Å². The molecule has 0 bridgehead atoms. The van der Waals surface area contributed by atoms with Gasteiger partial charge < -0.3 is 10.1 Å². The molecule has 0 spiro atoms. The van der Waals surface area contributed by atoms with Gasteiger partial charge in [-0.1, -0.05) is 37.8 Å². The average Bonchev–Trinajstić information content (AvgIpc) is 3.43. The Morgan fingerprint density at radius 3 is 2.74 bits per heavy atom. The third-order valence-corrected chi connectivity index (χ3v) is 6.63. The quantitative estimate of drug-likeness (QED) is 0.873. The van der Waals surface area contributed by atoms with E-state index in [0.29, 0.717) is 30.4 Å². The number of carbonyl (C=O) groups excluding carboxylic acids is 1. The molecule has 1 N–H and O–H groups in total. The van der Waals surface area contributed by atoms with E-state index in [-0.39, 0.29) is 5.91 Å². The number of hydrogen-bond donors (Lipinski definition) is 1. The van der Waals surface area contributed by atoms with E-state index in [1.807, 2.05) is 24.3 Å². The van der Waals surface area contributed by atoms with Crippen LogP contribution in [-0.4, -0.2) is 44.9 Å². The van der Waals surface area contributed by atoms with E-state index >= 15 is 0 Å². The molecule has 7 nitrogen and oxygen atoms in total. The molecule has 1 aliphatic heterocycles. The van der Waals surface area contributed by atoms with Crippen LogP contribution in [0.15, 0.2) is 30.6 Å². The Labute approximate surface area is 158 Å². The molecule has 142 valence electrons. The number of hydrogen-bond acceptors (Lipinski definition) is 5. The summed E-state index contributed by atoms with van der Waals surface area (Å²) >= 11 is 0. The Kier molecular flexibility index (Phi) is 4.39. The van der Waals surface area contributed by atoms with Crippen LogP contribution < -0.4 is 5.32 Å². The first-order valence-corrected chi connectivity index (χ1v) is 10.0. The van der Waals surface area contributed by atoms with Crippen molar-refractivity contribution in [1.29, 1.82) is 0 Å². The summed E-state index contributed by atoms with van der Waals surface area (Å²) in [6.45, 7) is 0.851. The minimum absolute atomic E-state index is 0.114. The highest BCUT2D eigenvalue weighted by Gasteiger charge is 2.56. The summed E-state index contributed by atoms with van der Waals surface area (Å²) in [5, 5.41) is 14.5. The fourth-order valence-corrected chi connectivity index (χ4v) is 5.33. The molecule has 1 aromatic heterocycles. The van der Waals surface area contributed by atoms with E-state index in [0.717, 1.165) is 30.2 Å². The Balaban J connectivity index is 1.22. The maximum atomic E-state index is 12.7. The van der Waals surface area contributed by atoms with Gasteiger partial charge in [-0.15, -0.1) is 5.10 Å². The van der Waals surface area contributed by atoms with E-state index in [9.17, 15) is 4.79 Å². The molecule has 0 radical (unpaired) electrons. The van der Waals surface area contributed by atoms with Crippen LogP contribution in [0.4, 0.5) is 0 Å². The van der Waals surface area contributed by atoms with Crippen LogP contribution in [-0.2, 0) is 16.0 Å². The molecule has 2 aliphatic carbocycles. The van der Waals surface area contributed by atoms with Gasteiger partial charge in [0.15, 0.2) is 0 Å². The standard InChI is InChI=1S/C20H25N5O2/c26-17(11-13-5-7-15(8-6-13)25-12-21-23-24-25)22-19-16-9-10-27-20(16)18(19)14-3-1-2-4-14/h5-8,12,14,16,18-20H,1-4,9-11H2,(H,22,26)/t16-,18+,19+,20-/m0/s1. The second-order valence-electron chi connectivity index (χ2n) is 8.10. The predicted molar refractivity (Wildman–Crippen MR) is 98.1 cm³/mol. The molecule has 3 aliphatic rings. The number of ether oxygens (including phenoxy) is 1. The molecular weight excluding hydrogens is 342 g/mol. The minimum atomic E-state index is 0.114. The van der Waals surface area contributed by atoms with Crippen molar-refractivity contribution in [1.82, 2.24) is 25.5 Å². The number of rotatable bonds is 5. The fourth-order valence-electron chi connectivity index (χ4n) is 5.33. The van der Waals surface area contributed by atoms with Crippen LogP contribution in [0.2, 0.25) is 0 Å². The SMILES string of the molecule is O=C(Cc1ccc(-n2cnnn2)cc1)N[C@@H]1[C@@H]2CCO[C@@H]2[C@@H]1C1CCCC1. The zero-order valence-corrected chi connectivity index (χ0v) is 15.3. The van der Waals surface area contributed by atoms with Gasteiger partial charge in [0.25, 0.3) is 0 Å². The lowest BCUT2D eigenvalue weighted by atomic mass is 9.61. The normalized spacial score (nSPS) is 30.1. The van der Waals surface area contributed by atoms with E-state index in [1.54, 1.807) is 11.0 Å². The summed E-state index contributed by atoms with van der Waals surface area (Å²) < 4.78 is 7.59. The zero-order chi connectivity index (χ0) is 18.2. The van der Waals surface area contributed by atoms with Gasteiger partial charge in [0.1, 0.15) is 6.33 Å². The van der Waals surface area contributed by atoms with Crippen LogP contribution in [0.5, 0.6) is 0 Å². The molecule has 4 atom stereocenters. The van der Waals surface area contributed by atoms with Gasteiger partial charge in [0, 0.05) is 24.5 Å². The monoisotopic (exact) mass is 367 g/mol. The number of aromatic nitrogens is 4. The van der Waals surface area contributed by atoms with Crippen molar-refractivity contribution in [3.63, 3.8) is 0 Å². The van der Waals surface area contributed by atoms with Crippen molar-refractivity contribution in [3.05, 3.63) is 36.2 Å². The number of nitrogens with one attached hydrogen (secondary N) is 1. The second-order valence-corrected chi connectivity index (χ2v) is 8.10. The summed E-state index contributed by atoms with van der Waals surface area (Å²) in [5.41, 5.74) is 1.88. The number of carbonyl (C=O) groups is 1. The van der Waals surface area contributed by atoms with Gasteiger partial charge >= 0.3 is 0 Å². The maximum absolute atomic E-state index is 12.7. The van der Waals surface area contributed by atoms with Crippen LogP contribution in [0.3, 0.4) is 0 Å². The van der Waals surface area contributed by atoms with Crippen LogP contribution in [0, 0.1) is 17.8 Å². The highest BCUT2D eigenvalue weighted by atomic mass is 16.5. The Bertz CT molecular complexity index is 780. The first-order valence-electron chi connectivity index (χ1n) is 10.0. The van der Waals surface area contributed by atoms with E-state index in [2.05, 4.69) is 20.8 Å². The van der Waals surface area contributed by atoms with Crippen molar-refractivity contribution in [2.24, 2.45) is 17.8 Å². The number of tetrazole rings is 1. The van der Waals surface area contributed by atoms with Crippen molar-refractivity contribution >= 4 is 5.91 Å². The van der Waals surface area contributed by atoms with Gasteiger partial charge in [-0.2, -0.15) is 0 Å². The molecule has 27 heavy (non-hydrogen) atoms. The molecule has 1 amide bonds. The Morgan fingerprint density at radius 2 is 2.00 bits per heavy atom. The lowest BCUT2D eigenvalue weighted by Gasteiger charge is -2.50. The fraction of sp³-hybridized carbons (Fsp3) is 0.600. The number of fused-ring (bicyclic) bond motifs is 1. The van der Waals surface area contributed by atoms with Crippen molar-refractivity contribution in [3.8, 4) is 5.69 Å². The summed E-state index contributed by atoms with van der Waals surface area (Å²) in [7, 11) is 0. The molecule has 5 rings (SSSR count). The van der Waals surface area contributed by atoms with Crippen LogP contribution in [0.1, 0.15) is 37.7 Å². The summed E-state index contributed by atoms with van der Waals surface area (Å²) in [4.78, 5) is 12.7. The molecular formula is C20H25N5O2. The van der Waals surface area contributed by atoms with Gasteiger partial charge in [0.2, 0.25) is 5.91 Å². The lowest BCUT2D eigenvalue weighted by molar-refractivity contribution is -0.129. The predicted octanol–water partition coefficient (Wildman–Crippen LogP) is 1.91. The van der Waals surface area contributed by atoms with Crippen molar-refractivity contribution < 1.29 is 9.53 Å². The number of benzene rings is 1. The van der Waals surface area contributed by atoms with Gasteiger partial charge in [-0.3, -0.25) is 4.79 Å². The molecule has 2 aromatic rings. The minimum Gasteiger partial charge on any atom is -0.377 e. The Morgan fingerprint density at radius 1 is 1.19 bits per heavy atom. The lowest BCUT2D eigenvalue weighted by Crippen LogP contribution is -2.63. The molecule has 3 fully saturated rings. The van der Waals surface area contributed by atoms with Crippen molar-refractivity contribution in [2.45, 2.75) is 50.7 Å². The summed E-state index contributed by atoms with van der Waals surface area (Å²) in [5.74, 6) is 1.88. The molecule has 2 saturated carbocycles. The second kappa shape index (κ2) is 7.03. The van der Waals surface area contributed by atoms with Crippen LogP contribution >= 0.6 is 0 Å². The molecule has 0 unspecified atom stereocenters. The summed E-state index contributed by atoms with van der Waals surface area (Å²) in [6, 6.07) is 8.10. The maximum Gasteiger partial charge on any atom is 0.224 e. The first-order chi connectivity index (χ1) is 13.3.